The lowest BCUT2D eigenvalue weighted by molar-refractivity contribution is -0.120. The van der Waals surface area contributed by atoms with E-state index in [4.69, 9.17) is 9.79 Å². The van der Waals surface area contributed by atoms with Crippen molar-refractivity contribution in [2.45, 2.75) is 26.7 Å². The number of carbonyl (C=O) groups excluding carboxylic acids is 1. The minimum Gasteiger partial charge on any atom is -0.324 e. The first-order valence-corrected chi connectivity index (χ1v) is 5.77. The maximum Gasteiger partial charge on any atom is 0.332 e. The van der Waals surface area contributed by atoms with E-state index in [0.29, 0.717) is 12.8 Å². The third-order valence-electron chi connectivity index (χ3n) is 1.80. The van der Waals surface area contributed by atoms with Crippen molar-refractivity contribution in [3.05, 3.63) is 0 Å². The molecule has 0 radical (unpaired) electrons. The molecule has 0 fully saturated rings. The molecule has 0 aliphatic rings. The predicted molar refractivity (Wildman–Crippen MR) is 46.0 cm³/mol. The van der Waals surface area contributed by atoms with Crippen molar-refractivity contribution in [1.29, 1.82) is 0 Å². The SMILES string of the molecule is CCC(CC)C(=O)CP(=O)(O)O. The van der Waals surface area contributed by atoms with Gasteiger partial charge < -0.3 is 9.79 Å². The monoisotopic (exact) mass is 194 g/mol. The molecule has 0 aromatic rings. The molecule has 4 nitrogen and oxygen atoms in total. The van der Waals surface area contributed by atoms with E-state index in [1.165, 1.54) is 0 Å². The summed E-state index contributed by atoms with van der Waals surface area (Å²) < 4.78 is 10.5. The third kappa shape index (κ3) is 4.65. The molecule has 0 saturated carbocycles. The van der Waals surface area contributed by atoms with Crippen molar-refractivity contribution >= 4 is 13.4 Å². The first kappa shape index (κ1) is 11.8. The van der Waals surface area contributed by atoms with E-state index < -0.39 is 13.8 Å². The Bertz CT molecular complexity index is 192. The molecule has 0 aromatic heterocycles. The zero-order valence-electron chi connectivity index (χ0n) is 7.36. The van der Waals surface area contributed by atoms with Crippen LogP contribution in [-0.4, -0.2) is 21.7 Å². The second kappa shape index (κ2) is 4.75. The topological polar surface area (TPSA) is 74.6 Å². The van der Waals surface area contributed by atoms with Crippen molar-refractivity contribution < 1.29 is 19.1 Å². The molecular formula is C7H15O4P. The van der Waals surface area contributed by atoms with Gasteiger partial charge in [0.05, 0.1) is 0 Å². The Morgan fingerprint density at radius 2 is 1.75 bits per heavy atom. The summed E-state index contributed by atoms with van der Waals surface area (Å²) in [5.41, 5.74) is 0. The van der Waals surface area contributed by atoms with Gasteiger partial charge in [0.15, 0.2) is 0 Å². The molecular weight excluding hydrogens is 179 g/mol. The van der Waals surface area contributed by atoms with Gasteiger partial charge in [0, 0.05) is 5.92 Å². The zero-order chi connectivity index (χ0) is 9.78. The Morgan fingerprint density at radius 3 is 2.00 bits per heavy atom. The highest BCUT2D eigenvalue weighted by Crippen LogP contribution is 2.35. The van der Waals surface area contributed by atoms with Crippen LogP contribution in [0.1, 0.15) is 26.7 Å². The zero-order valence-corrected chi connectivity index (χ0v) is 8.25. The molecule has 0 bridgehead atoms. The summed E-state index contributed by atoms with van der Waals surface area (Å²) in [4.78, 5) is 28.2. The van der Waals surface area contributed by atoms with Crippen LogP contribution in [0.3, 0.4) is 0 Å². The molecule has 0 amide bonds. The second-order valence-electron chi connectivity index (χ2n) is 2.80. The van der Waals surface area contributed by atoms with E-state index in [1.54, 1.807) is 0 Å². The summed E-state index contributed by atoms with van der Waals surface area (Å²) in [6.45, 7) is 3.68. The summed E-state index contributed by atoms with van der Waals surface area (Å²) in [6.07, 6.45) is 0.685. The quantitative estimate of drug-likeness (QED) is 0.644. The molecule has 0 rings (SSSR count). The molecule has 72 valence electrons. The Hall–Kier alpha value is -0.180. The average Bonchev–Trinajstić information content (AvgIpc) is 1.85. The summed E-state index contributed by atoms with van der Waals surface area (Å²) >= 11 is 0. The molecule has 0 aliphatic heterocycles. The Kier molecular flexibility index (Phi) is 4.68. The molecule has 0 aromatic carbocycles. The summed E-state index contributed by atoms with van der Waals surface area (Å²) in [5.74, 6) is -0.522. The molecule has 12 heavy (non-hydrogen) atoms. The van der Waals surface area contributed by atoms with Gasteiger partial charge in [0.1, 0.15) is 11.9 Å². The van der Waals surface area contributed by atoms with E-state index in [-0.39, 0.29) is 11.7 Å². The highest BCUT2D eigenvalue weighted by molar-refractivity contribution is 7.52. The van der Waals surface area contributed by atoms with Crippen molar-refractivity contribution in [1.82, 2.24) is 0 Å². The van der Waals surface area contributed by atoms with Crippen LogP contribution in [0.15, 0.2) is 0 Å². The lowest BCUT2D eigenvalue weighted by Crippen LogP contribution is -2.16. The van der Waals surface area contributed by atoms with Crippen LogP contribution in [0.5, 0.6) is 0 Å². The smallest absolute Gasteiger partial charge is 0.324 e. The molecule has 0 heterocycles. The fourth-order valence-corrected chi connectivity index (χ4v) is 1.74. The van der Waals surface area contributed by atoms with Crippen molar-refractivity contribution in [3.8, 4) is 0 Å². The van der Waals surface area contributed by atoms with Crippen LogP contribution in [0.2, 0.25) is 0 Å². The summed E-state index contributed by atoms with van der Waals surface area (Å²) in [6, 6.07) is 0. The average molecular weight is 194 g/mol. The number of hydrogen-bond acceptors (Lipinski definition) is 2. The van der Waals surface area contributed by atoms with Crippen LogP contribution < -0.4 is 0 Å². The first-order chi connectivity index (χ1) is 5.40. The number of hydrogen-bond donors (Lipinski definition) is 2. The Morgan fingerprint density at radius 1 is 1.33 bits per heavy atom. The van der Waals surface area contributed by atoms with E-state index in [2.05, 4.69) is 0 Å². The maximum atomic E-state index is 11.1. The Balaban J connectivity index is 4.11. The minimum absolute atomic E-state index is 0.197. The van der Waals surface area contributed by atoms with Gasteiger partial charge in [0.25, 0.3) is 0 Å². The van der Waals surface area contributed by atoms with E-state index in [0.717, 1.165) is 0 Å². The molecule has 0 atom stereocenters. The van der Waals surface area contributed by atoms with Gasteiger partial charge in [-0.05, 0) is 12.8 Å². The van der Waals surface area contributed by atoms with E-state index in [1.807, 2.05) is 13.8 Å². The van der Waals surface area contributed by atoms with Gasteiger partial charge in [-0.3, -0.25) is 9.36 Å². The molecule has 5 heteroatoms. The molecule has 0 saturated heterocycles. The van der Waals surface area contributed by atoms with Crippen LogP contribution in [0, 0.1) is 5.92 Å². The molecule has 0 unspecified atom stereocenters. The largest absolute Gasteiger partial charge is 0.332 e. The van der Waals surface area contributed by atoms with Crippen LogP contribution in [0.25, 0.3) is 0 Å². The fourth-order valence-electron chi connectivity index (χ4n) is 1.08. The van der Waals surface area contributed by atoms with Gasteiger partial charge in [-0.25, -0.2) is 0 Å². The lowest BCUT2D eigenvalue weighted by Gasteiger charge is -2.10. The predicted octanol–water partition coefficient (Wildman–Crippen LogP) is 1.17. The number of rotatable bonds is 5. The van der Waals surface area contributed by atoms with Gasteiger partial charge >= 0.3 is 7.60 Å². The van der Waals surface area contributed by atoms with Crippen molar-refractivity contribution in [2.75, 3.05) is 6.16 Å². The molecule has 2 N–H and O–H groups in total. The van der Waals surface area contributed by atoms with Crippen molar-refractivity contribution in [3.63, 3.8) is 0 Å². The second-order valence-corrected chi connectivity index (χ2v) is 4.45. The lowest BCUT2D eigenvalue weighted by atomic mass is 10.00. The van der Waals surface area contributed by atoms with E-state index in [9.17, 15) is 9.36 Å². The van der Waals surface area contributed by atoms with Crippen LogP contribution in [0.4, 0.5) is 0 Å². The normalized spacial score (nSPS) is 12.1. The van der Waals surface area contributed by atoms with Gasteiger partial charge in [-0.1, -0.05) is 13.8 Å². The van der Waals surface area contributed by atoms with E-state index >= 15 is 0 Å². The number of ketones is 1. The highest BCUT2D eigenvalue weighted by atomic mass is 31.2. The number of Topliss-reactive ketones (excluding diaryl/α,β-unsaturated/α-hetero) is 1. The minimum atomic E-state index is -4.15. The maximum absolute atomic E-state index is 11.1. The van der Waals surface area contributed by atoms with Gasteiger partial charge in [-0.2, -0.15) is 0 Å². The third-order valence-corrected chi connectivity index (χ3v) is 2.53. The van der Waals surface area contributed by atoms with Crippen LogP contribution >= 0.6 is 7.60 Å². The fraction of sp³-hybridized carbons (Fsp3) is 0.857. The number of carbonyl (C=O) groups is 1. The summed E-state index contributed by atoms with van der Waals surface area (Å²) in [7, 11) is -4.15. The van der Waals surface area contributed by atoms with Gasteiger partial charge in [0.2, 0.25) is 0 Å². The molecule has 0 aliphatic carbocycles. The van der Waals surface area contributed by atoms with Crippen molar-refractivity contribution in [2.24, 2.45) is 5.92 Å². The molecule has 0 spiro atoms. The standard InChI is InChI=1S/C7H15O4P/c1-3-6(4-2)7(8)5-12(9,10)11/h6H,3-5H2,1-2H3,(H2,9,10,11). The van der Waals surface area contributed by atoms with Gasteiger partial charge in [-0.15, -0.1) is 0 Å². The summed E-state index contributed by atoms with van der Waals surface area (Å²) in [5, 5.41) is 0. The first-order valence-electron chi connectivity index (χ1n) is 3.98. The van der Waals surface area contributed by atoms with Crippen LogP contribution in [-0.2, 0) is 9.36 Å². The highest BCUT2D eigenvalue weighted by Gasteiger charge is 2.23. The Labute approximate surface area is 72.1 Å².